The van der Waals surface area contributed by atoms with Crippen LogP contribution in [0.15, 0.2) is 65.8 Å². The molecular formula is C23H24N2O3. The second-order valence-corrected chi connectivity index (χ2v) is 7.09. The smallest absolute Gasteiger partial charge is 0.247 e. The molecule has 2 atom stereocenters. The fourth-order valence-electron chi connectivity index (χ4n) is 3.97. The Morgan fingerprint density at radius 3 is 2.39 bits per heavy atom. The Labute approximate surface area is 165 Å². The first kappa shape index (κ1) is 18.3. The van der Waals surface area contributed by atoms with Gasteiger partial charge in [0.05, 0.1) is 32.4 Å². The lowest BCUT2D eigenvalue weighted by atomic mass is 9.76. The molecule has 5 nitrogen and oxygen atoms in total. The molecule has 0 aromatic heterocycles. The molecular weight excluding hydrogens is 352 g/mol. The van der Waals surface area contributed by atoms with E-state index in [4.69, 9.17) is 14.6 Å². The third-order valence-corrected chi connectivity index (χ3v) is 5.44. The van der Waals surface area contributed by atoms with Crippen LogP contribution in [-0.2, 0) is 11.3 Å². The van der Waals surface area contributed by atoms with Crippen LogP contribution < -0.4 is 9.47 Å². The third kappa shape index (κ3) is 3.40. The van der Waals surface area contributed by atoms with Crippen LogP contribution >= 0.6 is 0 Å². The fourth-order valence-corrected chi connectivity index (χ4v) is 3.97. The molecule has 0 radical (unpaired) electrons. The maximum Gasteiger partial charge on any atom is 0.247 e. The number of fused-ring (bicyclic) bond motifs is 1. The van der Waals surface area contributed by atoms with Crippen molar-refractivity contribution >= 4 is 11.6 Å². The lowest BCUT2D eigenvalue weighted by Crippen LogP contribution is -2.45. The molecule has 1 heterocycles. The van der Waals surface area contributed by atoms with Gasteiger partial charge in [-0.3, -0.25) is 4.79 Å². The van der Waals surface area contributed by atoms with Gasteiger partial charge in [0.15, 0.2) is 11.5 Å². The molecule has 1 aliphatic heterocycles. The summed E-state index contributed by atoms with van der Waals surface area (Å²) in [6, 6.07) is 15.8. The lowest BCUT2D eigenvalue weighted by Gasteiger charge is -2.37. The van der Waals surface area contributed by atoms with Crippen molar-refractivity contribution in [3.8, 4) is 11.5 Å². The van der Waals surface area contributed by atoms with Crippen LogP contribution in [0.4, 0.5) is 0 Å². The standard InChI is InChI=1S/C23H24N2O3/c1-27-20-13-12-17(14-21(20)28-2)22-18-10-6-7-11-19(18)23(26)25(24-22)15-16-8-4-3-5-9-16/h3-9,12-14,18-19H,10-11,15H2,1-2H3/t18-,19+/m0/s1. The second kappa shape index (κ2) is 7.89. The van der Waals surface area contributed by atoms with Gasteiger partial charge in [-0.15, -0.1) is 0 Å². The van der Waals surface area contributed by atoms with Crippen molar-refractivity contribution in [3.05, 3.63) is 71.8 Å². The molecule has 1 aliphatic carbocycles. The highest BCUT2D eigenvalue weighted by molar-refractivity contribution is 6.07. The zero-order valence-electron chi connectivity index (χ0n) is 16.2. The summed E-state index contributed by atoms with van der Waals surface area (Å²) in [6.07, 6.45) is 5.83. The Morgan fingerprint density at radius 1 is 0.964 bits per heavy atom. The predicted octanol–water partition coefficient (Wildman–Crippen LogP) is 4.03. The molecule has 144 valence electrons. The van der Waals surface area contributed by atoms with Crippen molar-refractivity contribution in [2.45, 2.75) is 19.4 Å². The van der Waals surface area contributed by atoms with E-state index in [2.05, 4.69) is 12.2 Å². The van der Waals surface area contributed by atoms with E-state index >= 15 is 0 Å². The van der Waals surface area contributed by atoms with E-state index in [-0.39, 0.29) is 17.7 Å². The summed E-state index contributed by atoms with van der Waals surface area (Å²) >= 11 is 0. The monoisotopic (exact) mass is 376 g/mol. The van der Waals surface area contributed by atoms with Crippen molar-refractivity contribution in [3.63, 3.8) is 0 Å². The van der Waals surface area contributed by atoms with Gasteiger partial charge in [0.1, 0.15) is 0 Å². The molecule has 0 fully saturated rings. The van der Waals surface area contributed by atoms with Crippen molar-refractivity contribution < 1.29 is 14.3 Å². The van der Waals surface area contributed by atoms with Crippen molar-refractivity contribution in [2.75, 3.05) is 14.2 Å². The van der Waals surface area contributed by atoms with Gasteiger partial charge >= 0.3 is 0 Å². The maximum absolute atomic E-state index is 13.1. The fraction of sp³-hybridized carbons (Fsp3) is 0.304. The molecule has 0 spiro atoms. The van der Waals surface area contributed by atoms with E-state index in [0.717, 1.165) is 29.7 Å². The summed E-state index contributed by atoms with van der Waals surface area (Å²) in [5.74, 6) is 1.46. The van der Waals surface area contributed by atoms with Crippen LogP contribution in [0.1, 0.15) is 24.0 Å². The number of hydrazone groups is 1. The average Bonchev–Trinajstić information content (AvgIpc) is 2.76. The number of nitrogens with zero attached hydrogens (tertiary/aromatic N) is 2. The summed E-state index contributed by atoms with van der Waals surface area (Å²) < 4.78 is 10.8. The number of carbonyl (C=O) groups is 1. The summed E-state index contributed by atoms with van der Waals surface area (Å²) in [5, 5.41) is 6.44. The van der Waals surface area contributed by atoms with E-state index in [1.54, 1.807) is 19.2 Å². The first-order valence-corrected chi connectivity index (χ1v) is 9.52. The number of hydrogen-bond acceptors (Lipinski definition) is 4. The summed E-state index contributed by atoms with van der Waals surface area (Å²) in [6.45, 7) is 0.476. The number of carbonyl (C=O) groups excluding carboxylic acids is 1. The molecule has 2 aromatic rings. The number of methoxy groups -OCH3 is 2. The average molecular weight is 376 g/mol. The minimum absolute atomic E-state index is 0.0747. The van der Waals surface area contributed by atoms with Gasteiger partial charge in [-0.1, -0.05) is 42.5 Å². The molecule has 5 heteroatoms. The zero-order valence-corrected chi connectivity index (χ0v) is 16.2. The minimum Gasteiger partial charge on any atom is -0.493 e. The number of amides is 1. The first-order valence-electron chi connectivity index (χ1n) is 9.52. The van der Waals surface area contributed by atoms with E-state index < -0.39 is 0 Å². The van der Waals surface area contributed by atoms with E-state index in [0.29, 0.717) is 18.0 Å². The Balaban J connectivity index is 1.74. The quantitative estimate of drug-likeness (QED) is 0.740. The number of hydrogen-bond donors (Lipinski definition) is 0. The van der Waals surface area contributed by atoms with Gasteiger partial charge in [0.2, 0.25) is 5.91 Å². The topological polar surface area (TPSA) is 51.1 Å². The van der Waals surface area contributed by atoms with Gasteiger partial charge in [-0.25, -0.2) is 5.01 Å². The molecule has 0 saturated heterocycles. The number of ether oxygens (including phenoxy) is 2. The number of benzene rings is 2. The van der Waals surface area contributed by atoms with Gasteiger partial charge in [-0.05, 0) is 36.6 Å². The molecule has 2 aliphatic rings. The molecule has 0 bridgehead atoms. The second-order valence-electron chi connectivity index (χ2n) is 7.09. The van der Waals surface area contributed by atoms with E-state index in [1.165, 1.54) is 0 Å². The molecule has 2 aromatic carbocycles. The molecule has 0 N–H and O–H groups in total. The molecule has 0 saturated carbocycles. The largest absolute Gasteiger partial charge is 0.493 e. The molecule has 4 rings (SSSR count). The van der Waals surface area contributed by atoms with Gasteiger partial charge in [-0.2, -0.15) is 5.10 Å². The van der Waals surface area contributed by atoms with Crippen molar-refractivity contribution in [1.29, 1.82) is 0 Å². The maximum atomic E-state index is 13.1. The van der Waals surface area contributed by atoms with Gasteiger partial charge in [0, 0.05) is 11.5 Å². The highest BCUT2D eigenvalue weighted by atomic mass is 16.5. The van der Waals surface area contributed by atoms with Crippen LogP contribution in [0.25, 0.3) is 0 Å². The zero-order chi connectivity index (χ0) is 19.5. The van der Waals surface area contributed by atoms with Crippen LogP contribution in [0.2, 0.25) is 0 Å². The highest BCUT2D eigenvalue weighted by Gasteiger charge is 2.40. The normalized spacial score (nSPS) is 21.1. The van der Waals surface area contributed by atoms with Gasteiger partial charge in [0.25, 0.3) is 0 Å². The van der Waals surface area contributed by atoms with Crippen LogP contribution in [0.3, 0.4) is 0 Å². The van der Waals surface area contributed by atoms with E-state index in [1.807, 2.05) is 48.5 Å². The molecule has 28 heavy (non-hydrogen) atoms. The Hall–Kier alpha value is -3.08. The SMILES string of the molecule is COc1ccc(C2=NN(Cc3ccccc3)C(=O)[C@@H]3CC=CC[C@H]23)cc1OC. The first-order chi connectivity index (χ1) is 13.7. The Kier molecular flexibility index (Phi) is 5.15. The van der Waals surface area contributed by atoms with Crippen LogP contribution in [0.5, 0.6) is 11.5 Å². The Bertz CT molecular complexity index is 921. The highest BCUT2D eigenvalue weighted by Crippen LogP contribution is 2.37. The number of rotatable bonds is 5. The summed E-state index contributed by atoms with van der Waals surface area (Å²) in [4.78, 5) is 13.1. The lowest BCUT2D eigenvalue weighted by molar-refractivity contribution is -0.138. The van der Waals surface area contributed by atoms with Crippen LogP contribution in [0, 0.1) is 11.8 Å². The summed E-state index contributed by atoms with van der Waals surface area (Å²) in [5.41, 5.74) is 2.97. The molecule has 1 amide bonds. The summed E-state index contributed by atoms with van der Waals surface area (Å²) in [7, 11) is 3.25. The minimum atomic E-state index is -0.0747. The van der Waals surface area contributed by atoms with E-state index in [9.17, 15) is 4.79 Å². The molecule has 0 unspecified atom stereocenters. The van der Waals surface area contributed by atoms with Gasteiger partial charge < -0.3 is 9.47 Å². The number of allylic oxidation sites excluding steroid dienone is 2. The van der Waals surface area contributed by atoms with Crippen LogP contribution in [-0.4, -0.2) is 30.8 Å². The predicted molar refractivity (Wildman–Crippen MR) is 108 cm³/mol. The van der Waals surface area contributed by atoms with Crippen molar-refractivity contribution in [1.82, 2.24) is 5.01 Å². The Morgan fingerprint density at radius 2 is 1.68 bits per heavy atom. The third-order valence-electron chi connectivity index (χ3n) is 5.44. The van der Waals surface area contributed by atoms with Crippen molar-refractivity contribution in [2.24, 2.45) is 16.9 Å².